The molecule has 0 saturated carbocycles. The third-order valence-corrected chi connectivity index (χ3v) is 2.47. The van der Waals surface area contributed by atoms with E-state index >= 15 is 0 Å². The molecule has 0 spiro atoms. The molecule has 2 heterocycles. The summed E-state index contributed by atoms with van der Waals surface area (Å²) in [6, 6.07) is 3.80. The molecule has 0 aromatic carbocycles. The normalized spacial score (nSPS) is 10.0. The van der Waals surface area contributed by atoms with Crippen molar-refractivity contribution in [3.8, 4) is 17.1 Å². The smallest absolute Gasteiger partial charge is 0.254 e. The second-order valence-corrected chi connectivity index (χ2v) is 3.61. The van der Waals surface area contributed by atoms with Crippen molar-refractivity contribution in [3.63, 3.8) is 0 Å². The Labute approximate surface area is 98.0 Å². The van der Waals surface area contributed by atoms with Crippen LogP contribution in [0.2, 0.25) is 0 Å². The molecular formula is C11H11N3OS. The summed E-state index contributed by atoms with van der Waals surface area (Å²) >= 11 is 1.14. The topological polar surface area (TPSA) is 47.9 Å². The number of hydrogen-bond acceptors (Lipinski definition) is 5. The first-order valence-electron chi connectivity index (χ1n) is 4.88. The van der Waals surface area contributed by atoms with Crippen LogP contribution in [0, 0.1) is 0 Å². The van der Waals surface area contributed by atoms with Crippen molar-refractivity contribution in [2.45, 2.75) is 6.42 Å². The SMILES string of the molecule is C=CCCOc1nsnc1-c1cccnc1. The Morgan fingerprint density at radius 1 is 1.44 bits per heavy atom. The maximum Gasteiger partial charge on any atom is 0.254 e. The van der Waals surface area contributed by atoms with E-state index in [0.717, 1.165) is 29.4 Å². The summed E-state index contributed by atoms with van der Waals surface area (Å²) in [4.78, 5) is 4.04. The zero-order chi connectivity index (χ0) is 11.2. The lowest BCUT2D eigenvalue weighted by Gasteiger charge is -2.02. The van der Waals surface area contributed by atoms with Crippen molar-refractivity contribution in [3.05, 3.63) is 37.2 Å². The molecule has 82 valence electrons. The fraction of sp³-hybridized carbons (Fsp3) is 0.182. The van der Waals surface area contributed by atoms with Crippen molar-refractivity contribution in [2.75, 3.05) is 6.61 Å². The van der Waals surface area contributed by atoms with E-state index in [0.29, 0.717) is 12.5 Å². The van der Waals surface area contributed by atoms with Gasteiger partial charge in [0, 0.05) is 18.0 Å². The average Bonchev–Trinajstić information content (AvgIpc) is 2.79. The second kappa shape index (κ2) is 5.37. The molecule has 0 amide bonds. The van der Waals surface area contributed by atoms with E-state index in [4.69, 9.17) is 4.74 Å². The van der Waals surface area contributed by atoms with Crippen LogP contribution in [0.4, 0.5) is 0 Å². The third kappa shape index (κ3) is 2.43. The van der Waals surface area contributed by atoms with Crippen LogP contribution in [-0.4, -0.2) is 20.3 Å². The number of pyridine rings is 1. The molecule has 0 bridgehead atoms. The molecule has 16 heavy (non-hydrogen) atoms. The van der Waals surface area contributed by atoms with Crippen LogP contribution in [0.25, 0.3) is 11.3 Å². The summed E-state index contributed by atoms with van der Waals surface area (Å²) in [6.07, 6.45) is 6.08. The van der Waals surface area contributed by atoms with Gasteiger partial charge in [-0.3, -0.25) is 4.98 Å². The highest BCUT2D eigenvalue weighted by Crippen LogP contribution is 2.26. The Balaban J connectivity index is 2.16. The lowest BCUT2D eigenvalue weighted by Crippen LogP contribution is -1.97. The number of hydrogen-bond donors (Lipinski definition) is 0. The fourth-order valence-corrected chi connectivity index (χ4v) is 1.71. The molecule has 0 unspecified atom stereocenters. The average molecular weight is 233 g/mol. The Hall–Kier alpha value is -1.75. The standard InChI is InChI=1S/C11H11N3OS/c1-2-3-7-15-11-10(13-16-14-11)9-5-4-6-12-8-9/h2,4-6,8H,1,3,7H2. The highest BCUT2D eigenvalue weighted by molar-refractivity contribution is 6.99. The van der Waals surface area contributed by atoms with Crippen LogP contribution in [0.5, 0.6) is 5.88 Å². The molecule has 0 aliphatic heterocycles. The molecule has 0 saturated heterocycles. The Morgan fingerprint density at radius 3 is 3.12 bits per heavy atom. The van der Waals surface area contributed by atoms with E-state index in [9.17, 15) is 0 Å². The lowest BCUT2D eigenvalue weighted by molar-refractivity contribution is 0.316. The van der Waals surface area contributed by atoms with E-state index in [1.54, 1.807) is 12.4 Å². The van der Waals surface area contributed by atoms with Gasteiger partial charge in [-0.2, -0.15) is 4.37 Å². The number of nitrogens with zero attached hydrogens (tertiary/aromatic N) is 3. The predicted octanol–water partition coefficient (Wildman–Crippen LogP) is 2.56. The van der Waals surface area contributed by atoms with Gasteiger partial charge in [-0.15, -0.1) is 11.0 Å². The molecule has 0 aliphatic carbocycles. The first-order valence-corrected chi connectivity index (χ1v) is 5.61. The van der Waals surface area contributed by atoms with Crippen molar-refractivity contribution in [1.29, 1.82) is 0 Å². The molecule has 5 heteroatoms. The van der Waals surface area contributed by atoms with Gasteiger partial charge in [-0.05, 0) is 18.6 Å². The Morgan fingerprint density at radius 2 is 2.38 bits per heavy atom. The van der Waals surface area contributed by atoms with Gasteiger partial charge in [0.05, 0.1) is 18.3 Å². The lowest BCUT2D eigenvalue weighted by atomic mass is 10.2. The first kappa shape index (κ1) is 10.8. The Bertz CT molecular complexity index is 455. The predicted molar refractivity (Wildman–Crippen MR) is 63.4 cm³/mol. The second-order valence-electron chi connectivity index (χ2n) is 3.09. The number of ether oxygens (including phenoxy) is 1. The molecule has 2 rings (SSSR count). The fourth-order valence-electron chi connectivity index (χ4n) is 1.19. The zero-order valence-corrected chi connectivity index (χ0v) is 9.48. The quantitative estimate of drug-likeness (QED) is 0.588. The molecule has 0 fully saturated rings. The highest BCUT2D eigenvalue weighted by Gasteiger charge is 2.11. The van der Waals surface area contributed by atoms with E-state index in [1.165, 1.54) is 0 Å². The molecule has 0 aliphatic rings. The first-order chi connectivity index (χ1) is 7.92. The molecule has 0 N–H and O–H groups in total. The third-order valence-electron chi connectivity index (χ3n) is 1.95. The van der Waals surface area contributed by atoms with Crippen molar-refractivity contribution in [2.24, 2.45) is 0 Å². The highest BCUT2D eigenvalue weighted by atomic mass is 32.1. The summed E-state index contributed by atoms with van der Waals surface area (Å²) in [5, 5.41) is 0. The summed E-state index contributed by atoms with van der Waals surface area (Å²) in [7, 11) is 0. The molecule has 0 radical (unpaired) electrons. The molecule has 4 nitrogen and oxygen atoms in total. The summed E-state index contributed by atoms with van der Waals surface area (Å²) in [5.41, 5.74) is 1.67. The van der Waals surface area contributed by atoms with Crippen molar-refractivity contribution in [1.82, 2.24) is 13.7 Å². The molecule has 2 aromatic rings. The van der Waals surface area contributed by atoms with Gasteiger partial charge in [0.15, 0.2) is 0 Å². The maximum absolute atomic E-state index is 5.51. The number of rotatable bonds is 5. The maximum atomic E-state index is 5.51. The Kier molecular flexibility index (Phi) is 3.61. The van der Waals surface area contributed by atoms with Crippen molar-refractivity contribution >= 4 is 11.7 Å². The minimum Gasteiger partial charge on any atom is -0.475 e. The van der Waals surface area contributed by atoms with Crippen LogP contribution in [0.15, 0.2) is 37.2 Å². The van der Waals surface area contributed by atoms with Gasteiger partial charge >= 0.3 is 0 Å². The monoisotopic (exact) mass is 233 g/mol. The van der Waals surface area contributed by atoms with E-state index in [2.05, 4.69) is 20.3 Å². The minimum absolute atomic E-state index is 0.569. The molecular weight excluding hydrogens is 222 g/mol. The summed E-state index contributed by atoms with van der Waals surface area (Å²) in [5.74, 6) is 0.569. The van der Waals surface area contributed by atoms with Gasteiger partial charge in [0.25, 0.3) is 5.88 Å². The number of aromatic nitrogens is 3. The largest absolute Gasteiger partial charge is 0.475 e. The van der Waals surface area contributed by atoms with Gasteiger partial charge in [-0.1, -0.05) is 6.08 Å². The molecule has 0 atom stereocenters. The van der Waals surface area contributed by atoms with Gasteiger partial charge in [0.1, 0.15) is 5.69 Å². The van der Waals surface area contributed by atoms with E-state index < -0.39 is 0 Å². The summed E-state index contributed by atoms with van der Waals surface area (Å²) < 4.78 is 13.8. The minimum atomic E-state index is 0.569. The van der Waals surface area contributed by atoms with Crippen LogP contribution in [0.1, 0.15) is 6.42 Å². The van der Waals surface area contributed by atoms with Crippen molar-refractivity contribution < 1.29 is 4.74 Å². The zero-order valence-electron chi connectivity index (χ0n) is 8.67. The van der Waals surface area contributed by atoms with Crippen LogP contribution in [0.3, 0.4) is 0 Å². The van der Waals surface area contributed by atoms with Crippen LogP contribution in [-0.2, 0) is 0 Å². The van der Waals surface area contributed by atoms with Gasteiger partial charge < -0.3 is 4.74 Å². The van der Waals surface area contributed by atoms with Crippen LogP contribution >= 0.6 is 11.7 Å². The van der Waals surface area contributed by atoms with Gasteiger partial charge in [0.2, 0.25) is 0 Å². The van der Waals surface area contributed by atoms with E-state index in [1.807, 2.05) is 18.2 Å². The van der Waals surface area contributed by atoms with E-state index in [-0.39, 0.29) is 0 Å². The van der Waals surface area contributed by atoms with Crippen LogP contribution < -0.4 is 4.74 Å². The molecule has 2 aromatic heterocycles. The van der Waals surface area contributed by atoms with Gasteiger partial charge in [-0.25, -0.2) is 0 Å². The summed E-state index contributed by atoms with van der Waals surface area (Å²) in [6.45, 7) is 4.21.